The number of nitrogens with one attached hydrogen (secondary N) is 1. The molecule has 20 heavy (non-hydrogen) atoms. The predicted molar refractivity (Wildman–Crippen MR) is 69.4 cm³/mol. The van der Waals surface area contributed by atoms with E-state index < -0.39 is 11.9 Å². The molecule has 104 valence electrons. The van der Waals surface area contributed by atoms with E-state index in [0.717, 1.165) is 23.4 Å². The maximum absolute atomic E-state index is 12.4. The van der Waals surface area contributed by atoms with Gasteiger partial charge in [0.25, 0.3) is 0 Å². The molecule has 0 saturated heterocycles. The van der Waals surface area contributed by atoms with Crippen molar-refractivity contribution in [3.8, 4) is 0 Å². The normalized spacial score (nSPS) is 11.8. The molecular formula is C13H11F3N4. The Morgan fingerprint density at radius 1 is 1.15 bits per heavy atom. The molecule has 0 aliphatic heterocycles. The smallest absolute Gasteiger partial charge is 0.245 e. The number of hydrazone groups is 1. The highest BCUT2D eigenvalue weighted by atomic mass is 19.4. The number of anilines is 1. The average molecular weight is 280 g/mol. The van der Waals surface area contributed by atoms with Crippen molar-refractivity contribution >= 4 is 12.2 Å². The molecule has 0 amide bonds. The molecule has 0 fully saturated rings. The van der Waals surface area contributed by atoms with Crippen LogP contribution in [-0.4, -0.2) is 16.2 Å². The van der Waals surface area contributed by atoms with E-state index in [2.05, 4.69) is 20.5 Å². The average Bonchev–Trinajstić information content (AvgIpc) is 2.40. The van der Waals surface area contributed by atoms with E-state index in [4.69, 9.17) is 0 Å². The number of halogens is 3. The van der Waals surface area contributed by atoms with Crippen LogP contribution in [0, 0.1) is 6.92 Å². The van der Waals surface area contributed by atoms with Gasteiger partial charge in [-0.2, -0.15) is 18.3 Å². The SMILES string of the molecule is Cc1ccc(/C=N/Nc2nccc(C(F)(F)F)n2)cc1. The fourth-order valence-corrected chi connectivity index (χ4v) is 1.39. The van der Waals surface area contributed by atoms with Crippen molar-refractivity contribution in [1.82, 2.24) is 9.97 Å². The first-order chi connectivity index (χ1) is 9.45. The van der Waals surface area contributed by atoms with Gasteiger partial charge in [-0.25, -0.2) is 15.4 Å². The number of aryl methyl sites for hydroxylation is 1. The van der Waals surface area contributed by atoms with Crippen LogP contribution < -0.4 is 5.43 Å². The van der Waals surface area contributed by atoms with E-state index in [-0.39, 0.29) is 5.95 Å². The lowest BCUT2D eigenvalue weighted by Crippen LogP contribution is -2.09. The Morgan fingerprint density at radius 3 is 2.50 bits per heavy atom. The first kappa shape index (κ1) is 14.0. The molecule has 1 aromatic heterocycles. The Labute approximate surface area is 113 Å². The summed E-state index contributed by atoms with van der Waals surface area (Å²) in [6.45, 7) is 1.95. The zero-order valence-corrected chi connectivity index (χ0v) is 10.5. The first-order valence-electron chi connectivity index (χ1n) is 5.71. The number of alkyl halides is 3. The zero-order chi connectivity index (χ0) is 14.6. The molecule has 0 saturated carbocycles. The van der Waals surface area contributed by atoms with E-state index in [1.807, 2.05) is 31.2 Å². The quantitative estimate of drug-likeness (QED) is 0.693. The lowest BCUT2D eigenvalue weighted by molar-refractivity contribution is -0.141. The summed E-state index contributed by atoms with van der Waals surface area (Å²) < 4.78 is 37.3. The van der Waals surface area contributed by atoms with Crippen LogP contribution in [0.5, 0.6) is 0 Å². The van der Waals surface area contributed by atoms with Crippen LogP contribution in [-0.2, 0) is 6.18 Å². The van der Waals surface area contributed by atoms with Gasteiger partial charge in [0.15, 0.2) is 0 Å². The lowest BCUT2D eigenvalue weighted by atomic mass is 10.2. The van der Waals surface area contributed by atoms with Crippen molar-refractivity contribution < 1.29 is 13.2 Å². The van der Waals surface area contributed by atoms with Gasteiger partial charge < -0.3 is 0 Å². The largest absolute Gasteiger partial charge is 0.433 e. The maximum atomic E-state index is 12.4. The zero-order valence-electron chi connectivity index (χ0n) is 10.5. The van der Waals surface area contributed by atoms with Gasteiger partial charge in [0.1, 0.15) is 5.69 Å². The van der Waals surface area contributed by atoms with Crippen molar-refractivity contribution in [2.24, 2.45) is 5.10 Å². The van der Waals surface area contributed by atoms with E-state index in [0.29, 0.717) is 0 Å². The van der Waals surface area contributed by atoms with Crippen molar-refractivity contribution in [3.05, 3.63) is 53.3 Å². The highest BCUT2D eigenvalue weighted by Crippen LogP contribution is 2.27. The number of rotatable bonds is 3. The summed E-state index contributed by atoms with van der Waals surface area (Å²) in [4.78, 5) is 6.99. The fourth-order valence-electron chi connectivity index (χ4n) is 1.39. The Balaban J connectivity index is 2.05. The van der Waals surface area contributed by atoms with Crippen LogP contribution in [0.4, 0.5) is 19.1 Å². The summed E-state index contributed by atoms with van der Waals surface area (Å²) in [5.74, 6) is -0.205. The van der Waals surface area contributed by atoms with Crippen LogP contribution in [0.1, 0.15) is 16.8 Å². The number of nitrogens with zero attached hydrogens (tertiary/aromatic N) is 3. The van der Waals surface area contributed by atoms with Crippen LogP contribution in [0.25, 0.3) is 0 Å². The highest BCUT2D eigenvalue weighted by Gasteiger charge is 2.32. The Hall–Kier alpha value is -2.44. The van der Waals surface area contributed by atoms with Crippen molar-refractivity contribution in [3.63, 3.8) is 0 Å². The van der Waals surface area contributed by atoms with Crippen molar-refractivity contribution in [1.29, 1.82) is 0 Å². The molecule has 1 N–H and O–H groups in total. The molecular weight excluding hydrogens is 269 g/mol. The molecule has 0 radical (unpaired) electrons. The molecule has 1 aromatic carbocycles. The highest BCUT2D eigenvalue weighted by molar-refractivity contribution is 5.80. The summed E-state index contributed by atoms with van der Waals surface area (Å²) in [7, 11) is 0. The molecule has 1 heterocycles. The third-order valence-electron chi connectivity index (χ3n) is 2.40. The third-order valence-corrected chi connectivity index (χ3v) is 2.40. The molecule has 0 bridgehead atoms. The van der Waals surface area contributed by atoms with E-state index >= 15 is 0 Å². The minimum atomic E-state index is -4.50. The summed E-state index contributed by atoms with van der Waals surface area (Å²) in [5, 5.41) is 3.80. The summed E-state index contributed by atoms with van der Waals surface area (Å²) >= 11 is 0. The topological polar surface area (TPSA) is 50.2 Å². The fraction of sp³-hybridized carbons (Fsp3) is 0.154. The number of benzene rings is 1. The molecule has 0 spiro atoms. The number of aromatic nitrogens is 2. The van der Waals surface area contributed by atoms with Gasteiger partial charge in [0.05, 0.1) is 6.21 Å². The van der Waals surface area contributed by atoms with Crippen molar-refractivity contribution in [2.75, 3.05) is 5.43 Å². The standard InChI is InChI=1S/C13H11F3N4/c1-9-2-4-10(5-3-9)8-18-20-12-17-7-6-11(19-12)13(14,15)16/h2-8H,1H3,(H,17,19,20)/b18-8+. The summed E-state index contributed by atoms with van der Waals surface area (Å²) in [6.07, 6.45) is -2.00. The van der Waals surface area contributed by atoms with Gasteiger partial charge in [0, 0.05) is 6.20 Å². The van der Waals surface area contributed by atoms with Gasteiger partial charge in [-0.1, -0.05) is 29.8 Å². The van der Waals surface area contributed by atoms with E-state index in [1.54, 1.807) is 0 Å². The summed E-state index contributed by atoms with van der Waals surface area (Å²) in [6, 6.07) is 8.29. The van der Waals surface area contributed by atoms with Gasteiger partial charge in [-0.3, -0.25) is 0 Å². The molecule has 0 unspecified atom stereocenters. The molecule has 2 aromatic rings. The van der Waals surface area contributed by atoms with Crippen LogP contribution in [0.15, 0.2) is 41.6 Å². The number of hydrogen-bond donors (Lipinski definition) is 1. The first-order valence-corrected chi connectivity index (χ1v) is 5.71. The monoisotopic (exact) mass is 280 g/mol. The molecule has 7 heteroatoms. The minimum Gasteiger partial charge on any atom is -0.245 e. The Morgan fingerprint density at radius 2 is 1.85 bits per heavy atom. The van der Waals surface area contributed by atoms with Gasteiger partial charge in [0.2, 0.25) is 5.95 Å². The van der Waals surface area contributed by atoms with Crippen LogP contribution in [0.2, 0.25) is 0 Å². The molecule has 0 aliphatic carbocycles. The summed E-state index contributed by atoms with van der Waals surface area (Å²) in [5.41, 5.74) is 3.28. The van der Waals surface area contributed by atoms with Crippen LogP contribution >= 0.6 is 0 Å². The predicted octanol–water partition coefficient (Wildman–Crippen LogP) is 3.25. The second kappa shape index (κ2) is 5.68. The Bertz CT molecular complexity index is 606. The van der Waals surface area contributed by atoms with E-state index in [1.165, 1.54) is 6.21 Å². The maximum Gasteiger partial charge on any atom is 0.433 e. The molecule has 0 atom stereocenters. The Kier molecular flexibility index (Phi) is 3.97. The molecule has 4 nitrogen and oxygen atoms in total. The van der Waals surface area contributed by atoms with Gasteiger partial charge in [-0.05, 0) is 18.6 Å². The van der Waals surface area contributed by atoms with Gasteiger partial charge in [-0.15, -0.1) is 0 Å². The molecule has 2 rings (SSSR count). The lowest BCUT2D eigenvalue weighted by Gasteiger charge is -2.05. The van der Waals surface area contributed by atoms with E-state index in [9.17, 15) is 13.2 Å². The second-order valence-corrected chi connectivity index (χ2v) is 4.04. The molecule has 0 aliphatic rings. The second-order valence-electron chi connectivity index (χ2n) is 4.04. The van der Waals surface area contributed by atoms with Crippen LogP contribution in [0.3, 0.4) is 0 Å². The van der Waals surface area contributed by atoms with Gasteiger partial charge >= 0.3 is 6.18 Å². The minimum absolute atomic E-state index is 0.205. The third kappa shape index (κ3) is 3.78. The van der Waals surface area contributed by atoms with Crippen molar-refractivity contribution in [2.45, 2.75) is 13.1 Å². The number of hydrogen-bond acceptors (Lipinski definition) is 4.